The molecule has 0 aromatic heterocycles. The largest absolute Gasteiger partial charge is 0.480 e. The van der Waals surface area contributed by atoms with Gasteiger partial charge in [0.05, 0.1) is 0 Å². The van der Waals surface area contributed by atoms with E-state index in [2.05, 4.69) is 31.9 Å². The van der Waals surface area contributed by atoms with Crippen molar-refractivity contribution in [1.29, 1.82) is 0 Å². The highest BCUT2D eigenvalue weighted by molar-refractivity contribution is 9.13. The van der Waals surface area contributed by atoms with Gasteiger partial charge in [-0.15, -0.1) is 0 Å². The molecule has 0 saturated heterocycles. The lowest BCUT2D eigenvalue weighted by atomic mass is 10.1. The van der Waals surface area contributed by atoms with Crippen molar-refractivity contribution in [2.45, 2.75) is 6.04 Å². The number of nitrogens with zero attached hydrogens (tertiary/aromatic N) is 1. The molecule has 1 aromatic carbocycles. The van der Waals surface area contributed by atoms with E-state index in [9.17, 15) is 4.79 Å². The first kappa shape index (κ1) is 12.7. The van der Waals surface area contributed by atoms with Crippen molar-refractivity contribution in [2.24, 2.45) is 0 Å². The van der Waals surface area contributed by atoms with Gasteiger partial charge in [-0.05, 0) is 63.7 Å². The van der Waals surface area contributed by atoms with E-state index < -0.39 is 12.0 Å². The predicted molar refractivity (Wildman–Crippen MR) is 65.9 cm³/mol. The van der Waals surface area contributed by atoms with Gasteiger partial charge in [0.2, 0.25) is 0 Å². The molecule has 1 aromatic rings. The summed E-state index contributed by atoms with van der Waals surface area (Å²) in [6.07, 6.45) is 0. The van der Waals surface area contributed by atoms with Crippen molar-refractivity contribution in [3.63, 3.8) is 0 Å². The van der Waals surface area contributed by atoms with E-state index in [-0.39, 0.29) is 0 Å². The maximum Gasteiger partial charge on any atom is 0.325 e. The molecule has 0 radical (unpaired) electrons. The van der Waals surface area contributed by atoms with Gasteiger partial charge < -0.3 is 5.11 Å². The van der Waals surface area contributed by atoms with Crippen molar-refractivity contribution in [3.8, 4) is 0 Å². The third-order valence-corrected chi connectivity index (χ3v) is 3.89. The van der Waals surface area contributed by atoms with Crippen LogP contribution in [0.3, 0.4) is 0 Å². The number of halogens is 2. The lowest BCUT2D eigenvalue weighted by Crippen LogP contribution is -2.27. The number of carboxylic acid groups (broad SMARTS) is 1. The van der Waals surface area contributed by atoms with E-state index >= 15 is 0 Å². The van der Waals surface area contributed by atoms with Crippen LogP contribution in [0.2, 0.25) is 0 Å². The number of likely N-dealkylation sites (N-methyl/N-ethyl adjacent to an activating group) is 1. The topological polar surface area (TPSA) is 40.5 Å². The SMILES string of the molecule is CN(C)C(C(=O)O)c1ccc(Br)c(Br)c1. The van der Waals surface area contributed by atoms with Gasteiger partial charge in [-0.1, -0.05) is 6.07 Å². The van der Waals surface area contributed by atoms with Gasteiger partial charge >= 0.3 is 5.97 Å². The zero-order chi connectivity index (χ0) is 11.6. The molecule has 1 N–H and O–H groups in total. The Morgan fingerprint density at radius 3 is 2.33 bits per heavy atom. The normalized spacial score (nSPS) is 12.9. The third-order valence-electron chi connectivity index (χ3n) is 2.01. The molecule has 3 nitrogen and oxygen atoms in total. The van der Waals surface area contributed by atoms with Crippen molar-refractivity contribution in [1.82, 2.24) is 4.90 Å². The lowest BCUT2D eigenvalue weighted by Gasteiger charge is -2.20. The Hall–Kier alpha value is -0.390. The molecule has 5 heteroatoms. The predicted octanol–water partition coefficient (Wildman–Crippen LogP) is 2.90. The number of carboxylic acids is 1. The van der Waals surface area contributed by atoms with Crippen molar-refractivity contribution >= 4 is 37.8 Å². The number of carbonyl (C=O) groups is 1. The van der Waals surface area contributed by atoms with Gasteiger partial charge in [0, 0.05) is 8.95 Å². The molecule has 1 rings (SSSR count). The molecule has 1 unspecified atom stereocenters. The number of rotatable bonds is 3. The molecule has 0 aliphatic carbocycles. The molecule has 0 spiro atoms. The fourth-order valence-corrected chi connectivity index (χ4v) is 1.99. The monoisotopic (exact) mass is 335 g/mol. The Labute approximate surface area is 105 Å². The molecular formula is C10H11Br2NO2. The van der Waals surface area contributed by atoms with Crippen LogP contribution in [0.4, 0.5) is 0 Å². The maximum absolute atomic E-state index is 11.1. The van der Waals surface area contributed by atoms with Crippen molar-refractivity contribution in [2.75, 3.05) is 14.1 Å². The van der Waals surface area contributed by atoms with Crippen LogP contribution in [0, 0.1) is 0 Å². The second-order valence-corrected chi connectivity index (χ2v) is 5.09. The molecule has 0 aliphatic heterocycles. The average molecular weight is 337 g/mol. The Morgan fingerprint density at radius 2 is 1.93 bits per heavy atom. The molecule has 82 valence electrons. The number of hydrogen-bond donors (Lipinski definition) is 1. The molecule has 0 saturated carbocycles. The molecule has 0 aliphatic rings. The minimum absolute atomic E-state index is 0.616. The van der Waals surface area contributed by atoms with Crippen LogP contribution < -0.4 is 0 Å². The van der Waals surface area contributed by atoms with Crippen LogP contribution in [0.25, 0.3) is 0 Å². The summed E-state index contributed by atoms with van der Waals surface area (Å²) in [6, 6.07) is 4.82. The first-order valence-electron chi connectivity index (χ1n) is 4.27. The first-order valence-corrected chi connectivity index (χ1v) is 5.86. The second kappa shape index (κ2) is 5.09. The standard InChI is InChI=1S/C10H11Br2NO2/c1-13(2)9(10(14)15)6-3-4-7(11)8(12)5-6/h3-5,9H,1-2H3,(H,14,15). The van der Waals surface area contributed by atoms with Crippen molar-refractivity contribution < 1.29 is 9.90 Å². The highest BCUT2D eigenvalue weighted by Gasteiger charge is 2.22. The number of benzene rings is 1. The van der Waals surface area contributed by atoms with Gasteiger partial charge in [-0.25, -0.2) is 0 Å². The zero-order valence-corrected chi connectivity index (χ0v) is 11.5. The minimum Gasteiger partial charge on any atom is -0.480 e. The quantitative estimate of drug-likeness (QED) is 0.922. The minimum atomic E-state index is -0.853. The smallest absolute Gasteiger partial charge is 0.325 e. The van der Waals surface area contributed by atoms with Gasteiger partial charge in [0.15, 0.2) is 0 Å². The molecule has 0 heterocycles. The summed E-state index contributed by atoms with van der Waals surface area (Å²) in [7, 11) is 3.49. The van der Waals surface area contributed by atoms with Crippen LogP contribution in [-0.2, 0) is 4.79 Å². The van der Waals surface area contributed by atoms with Crippen LogP contribution >= 0.6 is 31.9 Å². The van der Waals surface area contributed by atoms with Crippen LogP contribution in [0.15, 0.2) is 27.1 Å². The summed E-state index contributed by atoms with van der Waals surface area (Å²) < 4.78 is 1.77. The molecule has 1 atom stereocenters. The maximum atomic E-state index is 11.1. The summed E-state index contributed by atoms with van der Waals surface area (Å²) in [5.41, 5.74) is 0.752. The van der Waals surface area contributed by atoms with Gasteiger partial charge in [-0.3, -0.25) is 9.69 Å². The molecule has 0 amide bonds. The number of hydrogen-bond acceptors (Lipinski definition) is 2. The summed E-state index contributed by atoms with van der Waals surface area (Å²) in [5.74, 6) is -0.853. The Morgan fingerprint density at radius 1 is 1.33 bits per heavy atom. The highest BCUT2D eigenvalue weighted by Crippen LogP contribution is 2.28. The Balaban J connectivity index is 3.12. The van der Waals surface area contributed by atoms with Crippen molar-refractivity contribution in [3.05, 3.63) is 32.7 Å². The third kappa shape index (κ3) is 3.03. The molecule has 0 fully saturated rings. The molecule has 0 bridgehead atoms. The summed E-state index contributed by atoms with van der Waals surface area (Å²) in [5, 5.41) is 9.09. The van der Waals surface area contributed by atoms with E-state index in [0.29, 0.717) is 0 Å². The summed E-state index contributed by atoms with van der Waals surface area (Å²) >= 11 is 6.70. The van der Waals surface area contributed by atoms with Gasteiger partial charge in [0.25, 0.3) is 0 Å². The molecule has 15 heavy (non-hydrogen) atoms. The number of aliphatic carboxylic acids is 1. The van der Waals surface area contributed by atoms with Crippen LogP contribution in [-0.4, -0.2) is 30.1 Å². The second-order valence-electron chi connectivity index (χ2n) is 3.38. The van der Waals surface area contributed by atoms with Crippen LogP contribution in [0.5, 0.6) is 0 Å². The summed E-state index contributed by atoms with van der Waals surface area (Å²) in [4.78, 5) is 12.7. The Kier molecular flexibility index (Phi) is 4.31. The fraction of sp³-hybridized carbons (Fsp3) is 0.300. The summed E-state index contributed by atoms with van der Waals surface area (Å²) in [6.45, 7) is 0. The average Bonchev–Trinajstić information content (AvgIpc) is 2.10. The van der Waals surface area contributed by atoms with E-state index in [4.69, 9.17) is 5.11 Å². The fourth-order valence-electron chi connectivity index (χ4n) is 1.34. The highest BCUT2D eigenvalue weighted by atomic mass is 79.9. The first-order chi connectivity index (χ1) is 6.93. The lowest BCUT2D eigenvalue weighted by molar-refractivity contribution is -0.142. The van der Waals surface area contributed by atoms with Gasteiger partial charge in [-0.2, -0.15) is 0 Å². The van der Waals surface area contributed by atoms with E-state index in [1.165, 1.54) is 0 Å². The van der Waals surface area contributed by atoms with E-state index in [1.807, 2.05) is 12.1 Å². The van der Waals surface area contributed by atoms with E-state index in [0.717, 1.165) is 14.5 Å². The van der Waals surface area contributed by atoms with Gasteiger partial charge in [0.1, 0.15) is 6.04 Å². The van der Waals surface area contributed by atoms with Crippen LogP contribution in [0.1, 0.15) is 11.6 Å². The Bertz CT molecular complexity index is 380. The zero-order valence-electron chi connectivity index (χ0n) is 8.37. The molecular weight excluding hydrogens is 326 g/mol. The van der Waals surface area contributed by atoms with E-state index in [1.54, 1.807) is 25.1 Å².